The molecule has 2 nitrogen and oxygen atoms in total. The Hall–Kier alpha value is -0.930. The molecule has 100 valence electrons. The average Bonchev–Trinajstić information content (AvgIpc) is 3.17. The van der Waals surface area contributed by atoms with Gasteiger partial charge in [0.15, 0.2) is 0 Å². The highest BCUT2D eigenvalue weighted by Gasteiger charge is 2.37. The highest BCUT2D eigenvalue weighted by atomic mass is 19.1. The third-order valence-corrected chi connectivity index (χ3v) is 3.64. The molecule has 1 aliphatic rings. The number of halogens is 1. The van der Waals surface area contributed by atoms with E-state index in [0.29, 0.717) is 18.1 Å². The van der Waals surface area contributed by atoms with Crippen LogP contribution in [0.5, 0.6) is 0 Å². The molecule has 0 spiro atoms. The summed E-state index contributed by atoms with van der Waals surface area (Å²) in [5.41, 5.74) is 1.67. The summed E-state index contributed by atoms with van der Waals surface area (Å²) in [6.45, 7) is 4.50. The first-order valence-corrected chi connectivity index (χ1v) is 6.72. The van der Waals surface area contributed by atoms with E-state index in [2.05, 4.69) is 5.32 Å². The molecule has 0 saturated heterocycles. The van der Waals surface area contributed by atoms with Crippen LogP contribution in [-0.4, -0.2) is 19.8 Å². The molecule has 0 aromatic heterocycles. The molecule has 18 heavy (non-hydrogen) atoms. The zero-order valence-corrected chi connectivity index (χ0v) is 11.4. The van der Waals surface area contributed by atoms with Crippen molar-refractivity contribution in [3.8, 4) is 0 Å². The van der Waals surface area contributed by atoms with E-state index >= 15 is 0 Å². The lowest BCUT2D eigenvalue weighted by molar-refractivity contribution is 0.0204. The normalized spacial score (nSPS) is 18.7. The first kappa shape index (κ1) is 13.5. The number of likely N-dealkylation sites (N-methyl/N-ethyl adjacent to an activating group) is 1. The van der Waals surface area contributed by atoms with Crippen LogP contribution in [0.15, 0.2) is 18.2 Å². The molecule has 0 aliphatic heterocycles. The van der Waals surface area contributed by atoms with Gasteiger partial charge in [-0.05, 0) is 56.8 Å². The number of hydrogen-bond acceptors (Lipinski definition) is 2. The molecule has 3 heteroatoms. The Bertz CT molecular complexity index is 403. The van der Waals surface area contributed by atoms with Crippen LogP contribution in [0.25, 0.3) is 0 Å². The summed E-state index contributed by atoms with van der Waals surface area (Å²) in [7, 11) is 1.91. The third kappa shape index (κ3) is 2.90. The molecule has 2 unspecified atom stereocenters. The Kier molecular flexibility index (Phi) is 4.36. The topological polar surface area (TPSA) is 21.3 Å². The highest BCUT2D eigenvalue weighted by molar-refractivity contribution is 5.27. The zero-order chi connectivity index (χ0) is 13.1. The summed E-state index contributed by atoms with van der Waals surface area (Å²) in [5, 5.41) is 3.28. The van der Waals surface area contributed by atoms with Crippen LogP contribution in [0.3, 0.4) is 0 Å². The standard InChI is InChI=1S/C15H22FNO/c1-4-18-15(11-7-8-11)14(17-3)12-6-5-10(2)13(16)9-12/h5-6,9,11,14-15,17H,4,7-8H2,1-3H3. The molecule has 0 radical (unpaired) electrons. The van der Waals surface area contributed by atoms with Crippen LogP contribution in [-0.2, 0) is 4.74 Å². The van der Waals surface area contributed by atoms with Gasteiger partial charge in [-0.15, -0.1) is 0 Å². The van der Waals surface area contributed by atoms with Gasteiger partial charge in [-0.25, -0.2) is 4.39 Å². The van der Waals surface area contributed by atoms with Crippen molar-refractivity contribution in [3.63, 3.8) is 0 Å². The number of aryl methyl sites for hydroxylation is 1. The van der Waals surface area contributed by atoms with Crippen molar-refractivity contribution >= 4 is 0 Å². The zero-order valence-electron chi connectivity index (χ0n) is 11.4. The van der Waals surface area contributed by atoms with Crippen molar-refractivity contribution in [2.75, 3.05) is 13.7 Å². The van der Waals surface area contributed by atoms with Gasteiger partial charge in [-0.1, -0.05) is 12.1 Å². The molecule has 1 aromatic carbocycles. The van der Waals surface area contributed by atoms with Gasteiger partial charge >= 0.3 is 0 Å². The number of hydrogen-bond donors (Lipinski definition) is 1. The lowest BCUT2D eigenvalue weighted by atomic mass is 9.97. The molecule has 1 saturated carbocycles. The van der Waals surface area contributed by atoms with Gasteiger partial charge in [0.05, 0.1) is 12.1 Å². The van der Waals surface area contributed by atoms with Gasteiger partial charge < -0.3 is 10.1 Å². The van der Waals surface area contributed by atoms with Gasteiger partial charge in [-0.2, -0.15) is 0 Å². The maximum atomic E-state index is 13.7. The predicted octanol–water partition coefficient (Wildman–Crippen LogP) is 3.21. The maximum absolute atomic E-state index is 13.7. The Morgan fingerprint density at radius 1 is 1.44 bits per heavy atom. The SMILES string of the molecule is CCOC(C1CC1)C(NC)c1ccc(C)c(F)c1. The molecule has 0 amide bonds. The monoisotopic (exact) mass is 251 g/mol. The third-order valence-electron chi connectivity index (χ3n) is 3.64. The number of ether oxygens (including phenoxy) is 1. The van der Waals surface area contributed by atoms with E-state index < -0.39 is 0 Å². The van der Waals surface area contributed by atoms with Crippen LogP contribution >= 0.6 is 0 Å². The Labute approximate surface area is 109 Å². The summed E-state index contributed by atoms with van der Waals surface area (Å²) in [5.74, 6) is 0.477. The van der Waals surface area contributed by atoms with Crippen LogP contribution in [0, 0.1) is 18.7 Å². The minimum absolute atomic E-state index is 0.0764. The van der Waals surface area contributed by atoms with Crippen molar-refractivity contribution in [1.82, 2.24) is 5.32 Å². The quantitative estimate of drug-likeness (QED) is 0.838. The minimum Gasteiger partial charge on any atom is -0.376 e. The minimum atomic E-state index is -0.140. The molecule has 1 N–H and O–H groups in total. The molecule has 1 aromatic rings. The van der Waals surface area contributed by atoms with E-state index in [-0.39, 0.29) is 18.0 Å². The molecule has 0 heterocycles. The van der Waals surface area contributed by atoms with E-state index in [0.717, 1.165) is 5.56 Å². The summed E-state index contributed by atoms with van der Waals surface area (Å²) >= 11 is 0. The summed E-state index contributed by atoms with van der Waals surface area (Å²) in [6, 6.07) is 5.54. The van der Waals surface area contributed by atoms with E-state index in [1.165, 1.54) is 12.8 Å². The maximum Gasteiger partial charge on any atom is 0.126 e. The van der Waals surface area contributed by atoms with Gasteiger partial charge in [0.25, 0.3) is 0 Å². The van der Waals surface area contributed by atoms with Gasteiger partial charge in [-0.3, -0.25) is 0 Å². The first-order chi connectivity index (χ1) is 8.67. The van der Waals surface area contributed by atoms with Gasteiger partial charge in [0.2, 0.25) is 0 Å². The highest BCUT2D eigenvalue weighted by Crippen LogP contribution is 2.40. The molecule has 1 aliphatic carbocycles. The Morgan fingerprint density at radius 2 is 2.17 bits per heavy atom. The van der Waals surface area contributed by atoms with Crippen molar-refractivity contribution in [2.45, 2.75) is 38.8 Å². The number of nitrogens with one attached hydrogen (secondary N) is 1. The van der Waals surface area contributed by atoms with Crippen LogP contribution < -0.4 is 5.32 Å². The van der Waals surface area contributed by atoms with Crippen LogP contribution in [0.1, 0.15) is 36.9 Å². The van der Waals surface area contributed by atoms with Crippen LogP contribution in [0.2, 0.25) is 0 Å². The second-order valence-electron chi connectivity index (χ2n) is 5.03. The molecule has 2 atom stereocenters. The number of benzene rings is 1. The largest absolute Gasteiger partial charge is 0.376 e. The van der Waals surface area contributed by atoms with Gasteiger partial charge in [0.1, 0.15) is 5.82 Å². The van der Waals surface area contributed by atoms with Crippen LogP contribution in [0.4, 0.5) is 4.39 Å². The molecule has 2 rings (SSSR count). The number of rotatable bonds is 6. The predicted molar refractivity (Wildman–Crippen MR) is 71.1 cm³/mol. The average molecular weight is 251 g/mol. The molecular weight excluding hydrogens is 229 g/mol. The smallest absolute Gasteiger partial charge is 0.126 e. The summed E-state index contributed by atoms with van der Waals surface area (Å²) in [4.78, 5) is 0. The van der Waals surface area contributed by atoms with Crippen molar-refractivity contribution in [2.24, 2.45) is 5.92 Å². The summed E-state index contributed by atoms with van der Waals surface area (Å²) in [6.07, 6.45) is 2.59. The van der Waals surface area contributed by atoms with E-state index in [1.807, 2.05) is 26.1 Å². The van der Waals surface area contributed by atoms with Crippen molar-refractivity contribution < 1.29 is 9.13 Å². The summed E-state index contributed by atoms with van der Waals surface area (Å²) < 4.78 is 19.5. The lowest BCUT2D eigenvalue weighted by Gasteiger charge is -2.27. The van der Waals surface area contributed by atoms with E-state index in [9.17, 15) is 4.39 Å². The van der Waals surface area contributed by atoms with Gasteiger partial charge in [0, 0.05) is 6.61 Å². The van der Waals surface area contributed by atoms with Crippen molar-refractivity contribution in [3.05, 3.63) is 35.1 Å². The fourth-order valence-corrected chi connectivity index (χ4v) is 2.44. The lowest BCUT2D eigenvalue weighted by Crippen LogP contribution is -2.33. The first-order valence-electron chi connectivity index (χ1n) is 6.72. The molecule has 0 bridgehead atoms. The molecule has 1 fully saturated rings. The second kappa shape index (κ2) is 5.81. The molecular formula is C15H22FNO. The fourth-order valence-electron chi connectivity index (χ4n) is 2.44. The van der Waals surface area contributed by atoms with E-state index in [1.54, 1.807) is 13.0 Å². The second-order valence-corrected chi connectivity index (χ2v) is 5.03. The van der Waals surface area contributed by atoms with Crippen molar-refractivity contribution in [1.29, 1.82) is 0 Å². The Morgan fingerprint density at radius 3 is 2.67 bits per heavy atom. The Balaban J connectivity index is 2.22. The van der Waals surface area contributed by atoms with E-state index in [4.69, 9.17) is 4.74 Å². The fraction of sp³-hybridized carbons (Fsp3) is 0.600.